The second-order valence-corrected chi connectivity index (χ2v) is 8.39. The first-order valence-electron chi connectivity index (χ1n) is 8.27. The first-order valence-corrected chi connectivity index (χ1v) is 9.88. The molecule has 1 amide bonds. The molecule has 0 radical (unpaired) electrons. The lowest BCUT2D eigenvalue weighted by atomic mass is 10.0. The first-order chi connectivity index (χ1) is 12.6. The van der Waals surface area contributed by atoms with Crippen molar-refractivity contribution in [1.29, 1.82) is 0 Å². The van der Waals surface area contributed by atoms with E-state index in [9.17, 15) is 9.36 Å². The fourth-order valence-corrected chi connectivity index (χ4v) is 4.65. The molecule has 0 bridgehead atoms. The Morgan fingerprint density at radius 2 is 1.73 bits per heavy atom. The highest BCUT2D eigenvalue weighted by molar-refractivity contribution is 7.54. The van der Waals surface area contributed by atoms with Crippen LogP contribution in [0, 0.1) is 0 Å². The Morgan fingerprint density at radius 1 is 1.08 bits per heavy atom. The van der Waals surface area contributed by atoms with Crippen molar-refractivity contribution in [3.63, 3.8) is 0 Å². The predicted octanol–water partition coefficient (Wildman–Crippen LogP) is 4.72. The summed E-state index contributed by atoms with van der Waals surface area (Å²) in [6.07, 6.45) is 0.427. The molecule has 1 N–H and O–H groups in total. The Labute approximate surface area is 152 Å². The number of anilines is 1. The highest BCUT2D eigenvalue weighted by Gasteiger charge is 2.36. The summed E-state index contributed by atoms with van der Waals surface area (Å²) < 4.78 is 23.6. The molecule has 0 aromatic heterocycles. The molecule has 0 aliphatic carbocycles. The van der Waals surface area contributed by atoms with Crippen molar-refractivity contribution in [1.82, 2.24) is 0 Å². The summed E-state index contributed by atoms with van der Waals surface area (Å²) in [5.41, 5.74) is 2.27. The average molecular weight is 372 g/mol. The topological polar surface area (TPSA) is 77.0 Å². The Kier molecular flexibility index (Phi) is 5.67. The van der Waals surface area contributed by atoms with Gasteiger partial charge in [0.1, 0.15) is 0 Å². The monoisotopic (exact) mass is 372 g/mol. The molecular formula is C19H21N2O4P. The van der Waals surface area contributed by atoms with Gasteiger partial charge in [0.25, 0.3) is 0 Å². The highest BCUT2D eigenvalue weighted by atomic mass is 31.2. The maximum atomic E-state index is 13.1. The third kappa shape index (κ3) is 3.93. The molecule has 0 saturated heterocycles. The highest BCUT2D eigenvalue weighted by Crippen LogP contribution is 2.61. The minimum Gasteiger partial charge on any atom is -0.324 e. The van der Waals surface area contributed by atoms with Crippen molar-refractivity contribution in [3.8, 4) is 0 Å². The van der Waals surface area contributed by atoms with E-state index in [4.69, 9.17) is 9.05 Å². The Bertz CT molecular complexity index is 859. The van der Waals surface area contributed by atoms with Crippen LogP contribution in [-0.4, -0.2) is 25.8 Å². The van der Waals surface area contributed by atoms with Gasteiger partial charge in [0.05, 0.1) is 23.5 Å². The van der Waals surface area contributed by atoms with Gasteiger partial charge in [-0.05, 0) is 17.7 Å². The molecule has 0 fully saturated rings. The number of rotatable bonds is 6. The van der Waals surface area contributed by atoms with Crippen LogP contribution in [0.15, 0.2) is 59.6 Å². The van der Waals surface area contributed by atoms with Gasteiger partial charge in [0.2, 0.25) is 5.91 Å². The van der Waals surface area contributed by atoms with E-state index in [-0.39, 0.29) is 12.3 Å². The minimum absolute atomic E-state index is 0.130. The molecule has 3 rings (SSSR count). The minimum atomic E-state index is -3.41. The molecule has 1 heterocycles. The van der Waals surface area contributed by atoms with Gasteiger partial charge in [-0.1, -0.05) is 42.5 Å². The number of hydrogen-bond acceptors (Lipinski definition) is 5. The van der Waals surface area contributed by atoms with Gasteiger partial charge in [0, 0.05) is 26.4 Å². The first kappa shape index (κ1) is 18.5. The van der Waals surface area contributed by atoms with E-state index >= 15 is 0 Å². The fourth-order valence-electron chi connectivity index (χ4n) is 3.02. The molecule has 0 saturated carbocycles. The molecule has 1 aliphatic heterocycles. The van der Waals surface area contributed by atoms with Gasteiger partial charge < -0.3 is 14.4 Å². The zero-order valence-electron chi connectivity index (χ0n) is 14.7. The zero-order chi connectivity index (χ0) is 18.6. The number of hydrogen-bond donors (Lipinski definition) is 1. The maximum Gasteiger partial charge on any atom is 0.337 e. The van der Waals surface area contributed by atoms with Gasteiger partial charge in [0.15, 0.2) is 0 Å². The number of aliphatic imine (C=N–C) groups is 1. The summed E-state index contributed by atoms with van der Waals surface area (Å²) in [6.45, 7) is 0. The molecule has 1 aliphatic rings. The van der Waals surface area contributed by atoms with Crippen molar-refractivity contribution in [2.24, 2.45) is 4.99 Å². The SMILES string of the molecule is COP(=O)(OC)C(CC1=Nc2ccccc2NC(=O)C1)c1ccccc1. The quantitative estimate of drug-likeness (QED) is 0.745. The van der Waals surface area contributed by atoms with E-state index in [0.717, 1.165) is 5.56 Å². The molecular weight excluding hydrogens is 351 g/mol. The summed E-state index contributed by atoms with van der Waals surface area (Å²) in [6, 6.07) is 16.7. The van der Waals surface area contributed by atoms with Gasteiger partial charge in [-0.15, -0.1) is 0 Å². The van der Waals surface area contributed by atoms with Crippen molar-refractivity contribution in [2.45, 2.75) is 18.5 Å². The van der Waals surface area contributed by atoms with Gasteiger partial charge >= 0.3 is 7.60 Å². The zero-order valence-corrected chi connectivity index (χ0v) is 15.6. The standard InChI is InChI=1S/C19H21N2O4P/c1-24-26(23,25-2)18(14-8-4-3-5-9-14)12-15-13-19(22)21-17-11-7-6-10-16(17)20-15/h3-11,18H,12-13H2,1-2H3,(H,21,22). The van der Waals surface area contributed by atoms with Crippen molar-refractivity contribution in [3.05, 3.63) is 60.2 Å². The van der Waals surface area contributed by atoms with Crippen molar-refractivity contribution >= 4 is 30.6 Å². The number of amides is 1. The summed E-state index contributed by atoms with van der Waals surface area (Å²) >= 11 is 0. The fraction of sp³-hybridized carbons (Fsp3) is 0.263. The number of carbonyl (C=O) groups excluding carboxylic acids is 1. The van der Waals surface area contributed by atoms with Crippen LogP contribution in [0.2, 0.25) is 0 Å². The van der Waals surface area contributed by atoms with Crippen LogP contribution in [0.25, 0.3) is 0 Å². The number of carbonyl (C=O) groups is 1. The normalized spacial score (nSPS) is 15.5. The third-order valence-electron chi connectivity index (χ3n) is 4.33. The van der Waals surface area contributed by atoms with E-state index < -0.39 is 13.3 Å². The molecule has 1 atom stereocenters. The van der Waals surface area contributed by atoms with E-state index in [2.05, 4.69) is 10.3 Å². The van der Waals surface area contributed by atoms with E-state index in [1.165, 1.54) is 14.2 Å². The smallest absolute Gasteiger partial charge is 0.324 e. The number of fused-ring (bicyclic) bond motifs is 1. The van der Waals surface area contributed by atoms with Crippen LogP contribution in [0.3, 0.4) is 0 Å². The van der Waals surface area contributed by atoms with E-state index in [0.29, 0.717) is 23.5 Å². The molecule has 2 aromatic carbocycles. The number of para-hydroxylation sites is 2. The summed E-state index contributed by atoms with van der Waals surface area (Å²) in [5, 5.41) is 2.85. The molecule has 2 aromatic rings. The van der Waals surface area contributed by atoms with Crippen LogP contribution in [0.1, 0.15) is 24.1 Å². The second kappa shape index (κ2) is 7.96. The van der Waals surface area contributed by atoms with E-state index in [1.54, 1.807) is 0 Å². The average Bonchev–Trinajstić information content (AvgIpc) is 2.83. The predicted molar refractivity (Wildman–Crippen MR) is 102 cm³/mol. The lowest BCUT2D eigenvalue weighted by molar-refractivity contribution is -0.115. The summed E-state index contributed by atoms with van der Waals surface area (Å²) in [4.78, 5) is 16.9. The lowest BCUT2D eigenvalue weighted by Crippen LogP contribution is -2.17. The Morgan fingerprint density at radius 3 is 2.42 bits per heavy atom. The summed E-state index contributed by atoms with van der Waals surface area (Å²) in [7, 11) is -0.666. The molecule has 0 spiro atoms. The molecule has 6 nitrogen and oxygen atoms in total. The van der Waals surface area contributed by atoms with Crippen LogP contribution in [0.5, 0.6) is 0 Å². The van der Waals surface area contributed by atoms with Crippen LogP contribution in [-0.2, 0) is 18.4 Å². The molecule has 1 unspecified atom stereocenters. The number of nitrogens with zero attached hydrogens (tertiary/aromatic N) is 1. The second-order valence-electron chi connectivity index (χ2n) is 5.96. The largest absolute Gasteiger partial charge is 0.337 e. The Hall–Kier alpha value is -2.27. The molecule has 136 valence electrons. The van der Waals surface area contributed by atoms with E-state index in [1.807, 2.05) is 54.6 Å². The van der Waals surface area contributed by atoms with Crippen molar-refractivity contribution < 1.29 is 18.4 Å². The van der Waals surface area contributed by atoms with Gasteiger partial charge in [-0.25, -0.2) is 0 Å². The van der Waals surface area contributed by atoms with Gasteiger partial charge in [-0.3, -0.25) is 14.4 Å². The number of benzene rings is 2. The molecule has 7 heteroatoms. The van der Waals surface area contributed by atoms with Crippen LogP contribution in [0.4, 0.5) is 11.4 Å². The maximum absolute atomic E-state index is 13.1. The van der Waals surface area contributed by atoms with Crippen molar-refractivity contribution in [2.75, 3.05) is 19.5 Å². The van der Waals surface area contributed by atoms with Gasteiger partial charge in [-0.2, -0.15) is 0 Å². The molecule has 26 heavy (non-hydrogen) atoms. The van der Waals surface area contributed by atoms with Crippen LogP contribution < -0.4 is 5.32 Å². The third-order valence-corrected chi connectivity index (χ3v) is 6.59. The van der Waals surface area contributed by atoms with Crippen LogP contribution >= 0.6 is 7.60 Å². The number of nitrogens with one attached hydrogen (secondary N) is 1. The Balaban J connectivity index is 2.00. The lowest BCUT2D eigenvalue weighted by Gasteiger charge is -2.25. The summed E-state index contributed by atoms with van der Waals surface area (Å²) in [5.74, 6) is -0.148.